The Labute approximate surface area is 112 Å². The Morgan fingerprint density at radius 3 is 2.95 bits per heavy atom. The SMILES string of the molecule is CCCN(CC1CC1)c1nc(NC)nc2[nH]ncc12. The average molecular weight is 260 g/mol. The lowest BCUT2D eigenvalue weighted by Gasteiger charge is -2.23. The maximum absolute atomic E-state index is 4.64. The molecular formula is C13H20N6. The highest BCUT2D eigenvalue weighted by atomic mass is 15.3. The minimum atomic E-state index is 0.642. The second-order valence-corrected chi connectivity index (χ2v) is 5.14. The van der Waals surface area contributed by atoms with E-state index in [0.29, 0.717) is 5.95 Å². The van der Waals surface area contributed by atoms with Crippen LogP contribution in [-0.4, -0.2) is 40.3 Å². The smallest absolute Gasteiger partial charge is 0.226 e. The third-order valence-corrected chi connectivity index (χ3v) is 3.48. The molecule has 2 aromatic rings. The summed E-state index contributed by atoms with van der Waals surface area (Å²) in [6, 6.07) is 0. The Balaban J connectivity index is 2.00. The van der Waals surface area contributed by atoms with Crippen LogP contribution in [0.25, 0.3) is 11.0 Å². The van der Waals surface area contributed by atoms with E-state index in [1.165, 1.54) is 12.8 Å². The van der Waals surface area contributed by atoms with Gasteiger partial charge in [-0.15, -0.1) is 0 Å². The molecule has 3 rings (SSSR count). The van der Waals surface area contributed by atoms with Crippen LogP contribution < -0.4 is 10.2 Å². The van der Waals surface area contributed by atoms with Crippen molar-refractivity contribution in [2.24, 2.45) is 5.92 Å². The van der Waals surface area contributed by atoms with E-state index in [9.17, 15) is 0 Å². The van der Waals surface area contributed by atoms with Crippen molar-refractivity contribution in [1.82, 2.24) is 20.2 Å². The molecule has 6 heteroatoms. The fourth-order valence-corrected chi connectivity index (χ4v) is 2.34. The molecule has 1 aliphatic rings. The largest absolute Gasteiger partial charge is 0.357 e. The molecule has 0 aliphatic heterocycles. The van der Waals surface area contributed by atoms with E-state index in [4.69, 9.17) is 0 Å². The summed E-state index contributed by atoms with van der Waals surface area (Å²) in [4.78, 5) is 11.4. The molecule has 2 heterocycles. The van der Waals surface area contributed by atoms with Crippen LogP contribution in [0.4, 0.5) is 11.8 Å². The molecule has 0 spiro atoms. The predicted octanol–water partition coefficient (Wildman–Crippen LogP) is 2.02. The zero-order chi connectivity index (χ0) is 13.2. The Kier molecular flexibility index (Phi) is 3.23. The molecule has 1 fully saturated rings. The molecule has 2 aromatic heterocycles. The lowest BCUT2D eigenvalue weighted by Crippen LogP contribution is -2.28. The van der Waals surface area contributed by atoms with Crippen LogP contribution in [-0.2, 0) is 0 Å². The van der Waals surface area contributed by atoms with Gasteiger partial charge in [0.15, 0.2) is 5.65 Å². The van der Waals surface area contributed by atoms with Crippen LogP contribution in [0.15, 0.2) is 6.20 Å². The molecule has 6 nitrogen and oxygen atoms in total. The number of hydrogen-bond donors (Lipinski definition) is 2. The van der Waals surface area contributed by atoms with Crippen molar-refractivity contribution >= 4 is 22.8 Å². The lowest BCUT2D eigenvalue weighted by molar-refractivity contribution is 0.701. The summed E-state index contributed by atoms with van der Waals surface area (Å²) in [7, 11) is 1.84. The number of anilines is 2. The van der Waals surface area contributed by atoms with E-state index in [1.54, 1.807) is 0 Å². The second-order valence-electron chi connectivity index (χ2n) is 5.14. The molecule has 1 aliphatic carbocycles. The summed E-state index contributed by atoms with van der Waals surface area (Å²) in [5.41, 5.74) is 0.797. The van der Waals surface area contributed by atoms with E-state index in [2.05, 4.69) is 37.3 Å². The molecule has 0 bridgehead atoms. The molecule has 102 valence electrons. The van der Waals surface area contributed by atoms with Crippen LogP contribution in [0.3, 0.4) is 0 Å². The van der Waals surface area contributed by atoms with E-state index < -0.39 is 0 Å². The van der Waals surface area contributed by atoms with E-state index in [1.807, 2.05) is 13.2 Å². The van der Waals surface area contributed by atoms with Gasteiger partial charge in [0.25, 0.3) is 0 Å². The molecule has 0 saturated heterocycles. The maximum Gasteiger partial charge on any atom is 0.226 e. The van der Waals surface area contributed by atoms with Crippen LogP contribution in [0.1, 0.15) is 26.2 Å². The van der Waals surface area contributed by atoms with Crippen LogP contribution >= 0.6 is 0 Å². The zero-order valence-electron chi connectivity index (χ0n) is 11.5. The molecule has 19 heavy (non-hydrogen) atoms. The Morgan fingerprint density at radius 2 is 2.26 bits per heavy atom. The van der Waals surface area contributed by atoms with Gasteiger partial charge in [0.05, 0.1) is 11.6 Å². The highest BCUT2D eigenvalue weighted by molar-refractivity contribution is 5.87. The number of aromatic amines is 1. The molecule has 0 amide bonds. The second kappa shape index (κ2) is 5.03. The normalized spacial score (nSPS) is 14.8. The zero-order valence-corrected chi connectivity index (χ0v) is 11.5. The van der Waals surface area contributed by atoms with Crippen molar-refractivity contribution in [3.63, 3.8) is 0 Å². The number of fused-ring (bicyclic) bond motifs is 1. The fraction of sp³-hybridized carbons (Fsp3) is 0.615. The molecule has 0 radical (unpaired) electrons. The monoisotopic (exact) mass is 260 g/mol. The van der Waals surface area contributed by atoms with Crippen LogP contribution in [0.2, 0.25) is 0 Å². The van der Waals surface area contributed by atoms with Crippen molar-refractivity contribution in [2.75, 3.05) is 30.4 Å². The first-order valence-electron chi connectivity index (χ1n) is 6.95. The van der Waals surface area contributed by atoms with Crippen molar-refractivity contribution in [3.8, 4) is 0 Å². The Bertz CT molecular complexity index is 559. The number of nitrogens with one attached hydrogen (secondary N) is 2. The van der Waals surface area contributed by atoms with Gasteiger partial charge in [-0.05, 0) is 25.2 Å². The summed E-state index contributed by atoms with van der Waals surface area (Å²) in [5, 5.41) is 11.1. The molecule has 0 aromatic carbocycles. The summed E-state index contributed by atoms with van der Waals surface area (Å²) in [6.07, 6.45) is 5.63. The average Bonchev–Trinajstić information content (AvgIpc) is 3.11. The standard InChI is InChI=1S/C13H20N6/c1-3-6-19(8-9-4-5-9)12-10-7-15-18-11(10)16-13(14-2)17-12/h7,9H,3-6,8H2,1-2H3,(H2,14,15,16,17,18). The van der Waals surface area contributed by atoms with Gasteiger partial charge >= 0.3 is 0 Å². The first kappa shape index (κ1) is 12.2. The third kappa shape index (κ3) is 2.47. The topological polar surface area (TPSA) is 69.7 Å². The quantitative estimate of drug-likeness (QED) is 0.831. The highest BCUT2D eigenvalue weighted by Crippen LogP contribution is 2.33. The minimum absolute atomic E-state index is 0.642. The number of nitrogens with zero attached hydrogens (tertiary/aromatic N) is 4. The minimum Gasteiger partial charge on any atom is -0.357 e. The van der Waals surface area contributed by atoms with Gasteiger partial charge in [-0.3, -0.25) is 5.10 Å². The molecule has 0 unspecified atom stereocenters. The third-order valence-electron chi connectivity index (χ3n) is 3.48. The highest BCUT2D eigenvalue weighted by Gasteiger charge is 2.26. The van der Waals surface area contributed by atoms with Crippen molar-refractivity contribution in [2.45, 2.75) is 26.2 Å². The fourth-order valence-electron chi connectivity index (χ4n) is 2.34. The van der Waals surface area contributed by atoms with Gasteiger partial charge in [-0.2, -0.15) is 15.1 Å². The Morgan fingerprint density at radius 1 is 1.42 bits per heavy atom. The molecule has 2 N–H and O–H groups in total. The first-order valence-corrected chi connectivity index (χ1v) is 6.95. The van der Waals surface area contributed by atoms with Gasteiger partial charge < -0.3 is 10.2 Å². The maximum atomic E-state index is 4.64. The van der Waals surface area contributed by atoms with E-state index in [-0.39, 0.29) is 0 Å². The van der Waals surface area contributed by atoms with E-state index in [0.717, 1.165) is 42.3 Å². The van der Waals surface area contributed by atoms with Gasteiger partial charge in [0, 0.05) is 20.1 Å². The van der Waals surface area contributed by atoms with Gasteiger partial charge in [0.1, 0.15) is 5.82 Å². The summed E-state index contributed by atoms with van der Waals surface area (Å²) in [5.74, 6) is 2.47. The molecular weight excluding hydrogens is 240 g/mol. The number of rotatable bonds is 6. The molecule has 0 atom stereocenters. The number of hydrogen-bond acceptors (Lipinski definition) is 5. The summed E-state index contributed by atoms with van der Waals surface area (Å²) in [6.45, 7) is 4.32. The van der Waals surface area contributed by atoms with Crippen molar-refractivity contribution in [1.29, 1.82) is 0 Å². The summed E-state index contributed by atoms with van der Waals surface area (Å²) >= 11 is 0. The molecule has 1 saturated carbocycles. The number of aromatic nitrogens is 4. The predicted molar refractivity (Wildman–Crippen MR) is 76.5 cm³/mol. The Hall–Kier alpha value is -1.85. The van der Waals surface area contributed by atoms with Gasteiger partial charge in [-0.1, -0.05) is 6.92 Å². The lowest BCUT2D eigenvalue weighted by atomic mass is 10.3. The van der Waals surface area contributed by atoms with Crippen molar-refractivity contribution < 1.29 is 0 Å². The van der Waals surface area contributed by atoms with Gasteiger partial charge in [0.2, 0.25) is 5.95 Å². The summed E-state index contributed by atoms with van der Waals surface area (Å²) < 4.78 is 0. The van der Waals surface area contributed by atoms with Crippen molar-refractivity contribution in [3.05, 3.63) is 6.20 Å². The van der Waals surface area contributed by atoms with Crippen LogP contribution in [0.5, 0.6) is 0 Å². The first-order chi connectivity index (χ1) is 9.31. The van der Waals surface area contributed by atoms with Gasteiger partial charge in [-0.25, -0.2) is 0 Å². The van der Waals surface area contributed by atoms with E-state index >= 15 is 0 Å². The number of H-pyrrole nitrogens is 1. The van der Waals surface area contributed by atoms with Crippen LogP contribution in [0, 0.1) is 5.92 Å².